The fourth-order valence-corrected chi connectivity index (χ4v) is 6.20. The van der Waals surface area contributed by atoms with Crippen LogP contribution in [0.4, 0.5) is 0 Å². The van der Waals surface area contributed by atoms with Crippen molar-refractivity contribution in [3.8, 4) is 11.6 Å². The summed E-state index contributed by atoms with van der Waals surface area (Å²) in [6.07, 6.45) is 8.82. The maximum absolute atomic E-state index is 13.1. The molecule has 1 saturated carbocycles. The van der Waals surface area contributed by atoms with Gasteiger partial charge in [-0.2, -0.15) is 0 Å². The Hall–Kier alpha value is -4.02. The molecule has 198 valence electrons. The molecule has 5 heterocycles. The molecule has 2 saturated heterocycles. The molecule has 4 aromatic rings. The highest BCUT2D eigenvalue weighted by molar-refractivity contribution is 5.92. The van der Waals surface area contributed by atoms with Crippen molar-refractivity contribution in [2.24, 2.45) is 11.8 Å². The normalized spacial score (nSPS) is 26.4. The van der Waals surface area contributed by atoms with Crippen LogP contribution in [-0.2, 0) is 6.42 Å². The first-order valence-corrected chi connectivity index (χ1v) is 13.5. The van der Waals surface area contributed by atoms with Crippen molar-refractivity contribution in [2.75, 3.05) is 13.1 Å². The molecule has 6 atom stereocenters. The second kappa shape index (κ2) is 9.94. The number of carbonyl (C=O) groups excluding carboxylic acids is 1. The lowest BCUT2D eigenvalue weighted by atomic mass is 10.0. The summed E-state index contributed by atoms with van der Waals surface area (Å²) in [6.45, 7) is 1.33. The average molecular weight is 524 g/mol. The summed E-state index contributed by atoms with van der Waals surface area (Å²) in [6, 6.07) is 13.9. The first kappa shape index (κ1) is 24.1. The Labute approximate surface area is 225 Å². The number of aliphatic hydroxyl groups is 1. The Bertz CT molecular complexity index is 1430. The summed E-state index contributed by atoms with van der Waals surface area (Å²) in [5.74, 6) is 1.79. The van der Waals surface area contributed by atoms with Crippen LogP contribution in [0.1, 0.15) is 52.4 Å². The number of aromatic nitrogens is 5. The van der Waals surface area contributed by atoms with E-state index in [0.29, 0.717) is 48.1 Å². The topological polar surface area (TPSA) is 130 Å². The SMILES string of the molecule is O=C(c1ccc(C[C@@H]2CC[C@H]([C@H](O)c3ccccc3)N2)cn1)N1C[C@@H]2C(c3nnc(-c4cnccn4)o3)[C@@H]2C1. The van der Waals surface area contributed by atoms with E-state index >= 15 is 0 Å². The van der Waals surface area contributed by atoms with Crippen LogP contribution in [0, 0.1) is 11.8 Å². The highest BCUT2D eigenvalue weighted by Crippen LogP contribution is 2.58. The fraction of sp³-hybridized carbons (Fsp3) is 0.379. The number of hydrogen-bond donors (Lipinski definition) is 2. The highest BCUT2D eigenvalue weighted by Gasteiger charge is 2.60. The molecule has 2 N–H and O–H groups in total. The fourth-order valence-electron chi connectivity index (χ4n) is 6.20. The number of rotatable bonds is 7. The molecule has 2 aliphatic heterocycles. The second-order valence-corrected chi connectivity index (χ2v) is 10.8. The molecule has 1 unspecified atom stereocenters. The third-order valence-corrected chi connectivity index (χ3v) is 8.31. The van der Waals surface area contributed by atoms with Crippen molar-refractivity contribution in [3.05, 3.63) is 90.0 Å². The number of piperidine rings is 1. The number of carbonyl (C=O) groups is 1. The molecule has 10 nitrogen and oxygen atoms in total. The zero-order valence-corrected chi connectivity index (χ0v) is 21.3. The minimum absolute atomic E-state index is 0.0386. The van der Waals surface area contributed by atoms with Crippen LogP contribution in [0.15, 0.2) is 71.7 Å². The van der Waals surface area contributed by atoms with Crippen LogP contribution in [0.3, 0.4) is 0 Å². The van der Waals surface area contributed by atoms with E-state index in [9.17, 15) is 9.90 Å². The molecule has 10 heteroatoms. The molecule has 1 amide bonds. The van der Waals surface area contributed by atoms with Gasteiger partial charge in [0.1, 0.15) is 11.4 Å². The first-order valence-electron chi connectivity index (χ1n) is 13.5. The Balaban J connectivity index is 0.915. The quantitative estimate of drug-likeness (QED) is 0.375. The minimum atomic E-state index is -0.513. The zero-order valence-electron chi connectivity index (χ0n) is 21.3. The van der Waals surface area contributed by atoms with Gasteiger partial charge in [0, 0.05) is 49.7 Å². The van der Waals surface area contributed by atoms with Crippen molar-refractivity contribution in [1.29, 1.82) is 0 Å². The van der Waals surface area contributed by atoms with Gasteiger partial charge in [-0.25, -0.2) is 4.98 Å². The van der Waals surface area contributed by atoms with Crippen LogP contribution >= 0.6 is 0 Å². The number of nitrogens with zero attached hydrogens (tertiary/aromatic N) is 6. The second-order valence-electron chi connectivity index (χ2n) is 10.8. The largest absolute Gasteiger partial charge is 0.419 e. The third kappa shape index (κ3) is 4.70. The van der Waals surface area contributed by atoms with Gasteiger partial charge < -0.3 is 19.7 Å². The van der Waals surface area contributed by atoms with E-state index in [0.717, 1.165) is 30.4 Å². The van der Waals surface area contributed by atoms with E-state index in [-0.39, 0.29) is 23.9 Å². The molecule has 7 rings (SSSR count). The van der Waals surface area contributed by atoms with E-state index in [1.54, 1.807) is 18.6 Å². The van der Waals surface area contributed by atoms with E-state index in [4.69, 9.17) is 4.42 Å². The van der Waals surface area contributed by atoms with E-state index in [2.05, 4.69) is 30.5 Å². The molecule has 39 heavy (non-hydrogen) atoms. The summed E-state index contributed by atoms with van der Waals surface area (Å²) in [5, 5.41) is 22.7. The number of hydrogen-bond acceptors (Lipinski definition) is 9. The predicted molar refractivity (Wildman–Crippen MR) is 140 cm³/mol. The van der Waals surface area contributed by atoms with Gasteiger partial charge in [-0.15, -0.1) is 10.2 Å². The smallest absolute Gasteiger partial charge is 0.272 e. The van der Waals surface area contributed by atoms with Crippen LogP contribution in [0.25, 0.3) is 11.6 Å². The van der Waals surface area contributed by atoms with Crippen molar-refractivity contribution in [3.63, 3.8) is 0 Å². The summed E-state index contributed by atoms with van der Waals surface area (Å²) < 4.78 is 5.86. The first-order chi connectivity index (χ1) is 19.1. The van der Waals surface area contributed by atoms with Crippen LogP contribution in [-0.4, -0.2) is 66.2 Å². The summed E-state index contributed by atoms with van der Waals surface area (Å²) in [7, 11) is 0. The molecule has 1 aromatic carbocycles. The molecule has 3 fully saturated rings. The summed E-state index contributed by atoms with van der Waals surface area (Å²) >= 11 is 0. The van der Waals surface area contributed by atoms with Crippen LogP contribution < -0.4 is 5.32 Å². The van der Waals surface area contributed by atoms with Gasteiger partial charge in [0.25, 0.3) is 11.8 Å². The van der Waals surface area contributed by atoms with E-state index in [1.165, 1.54) is 0 Å². The Morgan fingerprint density at radius 1 is 1.03 bits per heavy atom. The maximum atomic E-state index is 13.1. The lowest BCUT2D eigenvalue weighted by molar-refractivity contribution is 0.0765. The Kier molecular flexibility index (Phi) is 6.13. The summed E-state index contributed by atoms with van der Waals surface area (Å²) in [5.41, 5.74) is 3.05. The van der Waals surface area contributed by atoms with E-state index in [1.807, 2.05) is 53.6 Å². The molecule has 0 spiro atoms. The monoisotopic (exact) mass is 523 g/mol. The number of aliphatic hydroxyl groups excluding tert-OH is 1. The van der Waals surface area contributed by atoms with Crippen molar-refractivity contribution in [1.82, 2.24) is 35.4 Å². The van der Waals surface area contributed by atoms with Gasteiger partial charge in [-0.05, 0) is 48.3 Å². The van der Waals surface area contributed by atoms with Crippen molar-refractivity contribution >= 4 is 5.91 Å². The van der Waals surface area contributed by atoms with Gasteiger partial charge in [-0.1, -0.05) is 36.4 Å². The molecule has 1 aliphatic carbocycles. The molecule has 3 aromatic heterocycles. The van der Waals surface area contributed by atoms with Gasteiger partial charge >= 0.3 is 0 Å². The van der Waals surface area contributed by atoms with Gasteiger partial charge in [0.15, 0.2) is 0 Å². The Morgan fingerprint density at radius 2 is 1.87 bits per heavy atom. The number of amides is 1. The van der Waals surface area contributed by atoms with Gasteiger partial charge in [0.05, 0.1) is 12.3 Å². The summed E-state index contributed by atoms with van der Waals surface area (Å²) in [4.78, 5) is 27.7. The lowest BCUT2D eigenvalue weighted by Crippen LogP contribution is -2.35. The molecule has 0 radical (unpaired) electrons. The maximum Gasteiger partial charge on any atom is 0.272 e. The van der Waals surface area contributed by atoms with Gasteiger partial charge in [-0.3, -0.25) is 14.8 Å². The molecule has 0 bridgehead atoms. The Morgan fingerprint density at radius 3 is 2.62 bits per heavy atom. The number of pyridine rings is 1. The molecule has 3 aliphatic rings. The highest BCUT2D eigenvalue weighted by atomic mass is 16.4. The lowest BCUT2D eigenvalue weighted by Gasteiger charge is -2.21. The van der Waals surface area contributed by atoms with Gasteiger partial charge in [0.2, 0.25) is 5.89 Å². The zero-order chi connectivity index (χ0) is 26.3. The standard InChI is InChI=1S/C29H29N7O3/c37-26(18-4-2-1-3-5-18)22-9-7-19(33-22)12-17-6-8-23(32-13-17)29(38)36-15-20-21(16-36)25(20)28-35-34-27(39-28)24-14-30-10-11-31-24/h1-6,8,10-11,13-14,19-22,25-26,33,37H,7,9,12,15-16H2/t19-,20-,21+,22+,25?,26+/m0/s1. The van der Waals surface area contributed by atoms with Crippen LogP contribution in [0.5, 0.6) is 0 Å². The minimum Gasteiger partial charge on any atom is -0.419 e. The van der Waals surface area contributed by atoms with E-state index < -0.39 is 6.10 Å². The molecular weight excluding hydrogens is 494 g/mol. The number of nitrogens with one attached hydrogen (secondary N) is 1. The number of benzene rings is 1. The third-order valence-electron chi connectivity index (χ3n) is 8.31. The van der Waals surface area contributed by atoms with Crippen LogP contribution in [0.2, 0.25) is 0 Å². The number of fused-ring (bicyclic) bond motifs is 1. The molecular formula is C29H29N7O3. The number of likely N-dealkylation sites (tertiary alicyclic amines) is 1. The van der Waals surface area contributed by atoms with Crippen molar-refractivity contribution in [2.45, 2.75) is 43.4 Å². The average Bonchev–Trinajstić information content (AvgIpc) is 3.46. The van der Waals surface area contributed by atoms with Crippen molar-refractivity contribution < 1.29 is 14.3 Å². The predicted octanol–water partition coefficient (Wildman–Crippen LogP) is 2.80.